The Morgan fingerprint density at radius 3 is 2.65 bits per heavy atom. The number of aliphatic hydroxyl groups is 1. The Morgan fingerprint density at radius 2 is 1.94 bits per heavy atom. The van der Waals surface area contributed by atoms with Crippen molar-refractivity contribution < 1.29 is 19.4 Å². The van der Waals surface area contributed by atoms with Crippen molar-refractivity contribution in [2.24, 2.45) is 0 Å². The van der Waals surface area contributed by atoms with Gasteiger partial charge in [0.15, 0.2) is 0 Å². The van der Waals surface area contributed by atoms with Crippen molar-refractivity contribution in [3.8, 4) is 5.75 Å². The Balaban J connectivity index is 1.73. The fraction of sp³-hybridized carbons (Fsp3) is 0.269. The minimum absolute atomic E-state index is 0.0857. The summed E-state index contributed by atoms with van der Waals surface area (Å²) < 4.78 is 8.56. The van der Waals surface area contributed by atoms with Crippen LogP contribution in [0.2, 0.25) is 0 Å². The molecule has 2 aromatic carbocycles. The molecule has 1 N–H and O–H groups in total. The van der Waals surface area contributed by atoms with Gasteiger partial charge in [-0.3, -0.25) is 9.59 Å². The summed E-state index contributed by atoms with van der Waals surface area (Å²) in [6.45, 7) is 3.59. The summed E-state index contributed by atoms with van der Waals surface area (Å²) >= 11 is 3.38. The predicted octanol–water partition coefficient (Wildman–Crippen LogP) is 4.95. The third-order valence-electron chi connectivity index (χ3n) is 5.68. The molecule has 1 fully saturated rings. The van der Waals surface area contributed by atoms with E-state index >= 15 is 0 Å². The zero-order valence-electron chi connectivity index (χ0n) is 18.9. The first-order valence-electron chi connectivity index (χ1n) is 11.2. The highest BCUT2D eigenvalue weighted by molar-refractivity contribution is 9.10. The molecule has 0 bridgehead atoms. The minimum Gasteiger partial charge on any atom is -0.507 e. The Kier molecular flexibility index (Phi) is 7.47. The number of benzene rings is 2. The van der Waals surface area contributed by atoms with E-state index in [2.05, 4.69) is 20.9 Å². The highest BCUT2D eigenvalue weighted by Gasteiger charge is 2.45. The number of Topliss-reactive ketones (excluding diaryl/α,β-unsaturated/α-hetero) is 1. The van der Waals surface area contributed by atoms with Crippen molar-refractivity contribution in [1.29, 1.82) is 0 Å². The Bertz CT molecular complexity index is 1190. The van der Waals surface area contributed by atoms with Gasteiger partial charge in [0.25, 0.3) is 11.7 Å². The number of hydrogen-bond donors (Lipinski definition) is 1. The molecule has 8 heteroatoms. The van der Waals surface area contributed by atoms with Crippen molar-refractivity contribution in [3.63, 3.8) is 0 Å². The monoisotopic (exact) mass is 523 g/mol. The molecule has 1 saturated heterocycles. The van der Waals surface area contributed by atoms with Crippen molar-refractivity contribution in [1.82, 2.24) is 14.5 Å². The first-order valence-corrected chi connectivity index (χ1v) is 12.0. The van der Waals surface area contributed by atoms with Crippen molar-refractivity contribution >= 4 is 33.4 Å². The van der Waals surface area contributed by atoms with Gasteiger partial charge in [-0.05, 0) is 42.7 Å². The van der Waals surface area contributed by atoms with E-state index in [1.807, 2.05) is 42.0 Å². The third kappa shape index (κ3) is 5.07. The smallest absolute Gasteiger partial charge is 0.295 e. The molecule has 0 radical (unpaired) electrons. The normalized spacial score (nSPS) is 17.4. The van der Waals surface area contributed by atoms with E-state index in [0.29, 0.717) is 43.0 Å². The van der Waals surface area contributed by atoms with Crippen LogP contribution in [0.25, 0.3) is 5.76 Å². The molecule has 1 atom stereocenters. The zero-order valence-corrected chi connectivity index (χ0v) is 20.4. The fourth-order valence-electron chi connectivity index (χ4n) is 4.06. The molecule has 7 nitrogen and oxygen atoms in total. The minimum atomic E-state index is -0.711. The number of nitrogens with zero attached hydrogens (tertiary/aromatic N) is 3. The molecule has 3 aromatic rings. The van der Waals surface area contributed by atoms with E-state index in [9.17, 15) is 14.7 Å². The van der Waals surface area contributed by atoms with Crippen molar-refractivity contribution in [2.75, 3.05) is 13.2 Å². The van der Waals surface area contributed by atoms with E-state index < -0.39 is 17.7 Å². The van der Waals surface area contributed by atoms with Gasteiger partial charge in [-0.2, -0.15) is 0 Å². The second kappa shape index (κ2) is 10.7. The standard InChI is InChI=1S/C26H26BrN3O4/c1-2-15-34-21-6-3-5-19(16-21)23-22(24(31)18-7-9-20(27)10-8-18)25(32)26(33)30(23)13-4-12-29-14-11-28-17-29/h3,5-11,14,16-17,23,31H,2,4,12-13,15H2,1H3/b24-22+. The summed E-state index contributed by atoms with van der Waals surface area (Å²) in [4.78, 5) is 31.9. The van der Waals surface area contributed by atoms with E-state index in [-0.39, 0.29) is 11.3 Å². The lowest BCUT2D eigenvalue weighted by Crippen LogP contribution is -2.31. The fourth-order valence-corrected chi connectivity index (χ4v) is 4.32. The SMILES string of the molecule is CCCOc1cccc(C2/C(=C(\O)c3ccc(Br)cc3)C(=O)C(=O)N2CCCn2ccnc2)c1. The number of rotatable bonds is 9. The number of carbonyl (C=O) groups is 2. The summed E-state index contributed by atoms with van der Waals surface area (Å²) in [6.07, 6.45) is 6.76. The molecule has 4 rings (SSSR count). The lowest BCUT2D eigenvalue weighted by Gasteiger charge is -2.26. The van der Waals surface area contributed by atoms with E-state index in [0.717, 1.165) is 10.9 Å². The van der Waals surface area contributed by atoms with Crippen LogP contribution in [0.4, 0.5) is 0 Å². The number of carbonyl (C=O) groups excluding carboxylic acids is 2. The number of amides is 1. The topological polar surface area (TPSA) is 84.7 Å². The number of aryl methyl sites for hydroxylation is 1. The molecule has 1 aliphatic heterocycles. The maximum Gasteiger partial charge on any atom is 0.295 e. The van der Waals surface area contributed by atoms with Gasteiger partial charge in [-0.1, -0.05) is 47.1 Å². The molecule has 1 amide bonds. The summed E-state index contributed by atoms with van der Waals surface area (Å²) in [5.74, 6) is -0.832. The maximum absolute atomic E-state index is 13.2. The maximum atomic E-state index is 13.2. The summed E-state index contributed by atoms with van der Waals surface area (Å²) in [7, 11) is 0. The number of imidazole rings is 1. The molecule has 0 aliphatic carbocycles. The lowest BCUT2D eigenvalue weighted by atomic mass is 9.95. The van der Waals surface area contributed by atoms with E-state index in [4.69, 9.17) is 4.74 Å². The Hall–Kier alpha value is -3.39. The van der Waals surface area contributed by atoms with Crippen LogP contribution in [0.15, 0.2) is 77.3 Å². The van der Waals surface area contributed by atoms with Crippen LogP contribution >= 0.6 is 15.9 Å². The van der Waals surface area contributed by atoms with Gasteiger partial charge in [0.05, 0.1) is 24.5 Å². The molecular formula is C26H26BrN3O4. The van der Waals surface area contributed by atoms with Crippen LogP contribution in [0.5, 0.6) is 5.75 Å². The predicted molar refractivity (Wildman–Crippen MR) is 132 cm³/mol. The van der Waals surface area contributed by atoms with Crippen LogP contribution in [0.3, 0.4) is 0 Å². The molecule has 34 heavy (non-hydrogen) atoms. The first kappa shape index (κ1) is 23.8. The Labute approximate surface area is 206 Å². The average molecular weight is 524 g/mol. The number of hydrogen-bond acceptors (Lipinski definition) is 5. The van der Waals surface area contributed by atoms with Crippen molar-refractivity contribution in [3.05, 3.63) is 88.4 Å². The molecular weight excluding hydrogens is 498 g/mol. The van der Waals surface area contributed by atoms with Gasteiger partial charge in [-0.15, -0.1) is 0 Å². The van der Waals surface area contributed by atoms with Crippen molar-refractivity contribution in [2.45, 2.75) is 32.4 Å². The molecule has 0 saturated carbocycles. The summed E-state index contributed by atoms with van der Waals surface area (Å²) in [6, 6.07) is 13.7. The molecule has 0 spiro atoms. The Morgan fingerprint density at radius 1 is 1.15 bits per heavy atom. The second-order valence-electron chi connectivity index (χ2n) is 8.07. The quantitative estimate of drug-likeness (QED) is 0.243. The lowest BCUT2D eigenvalue weighted by molar-refractivity contribution is -0.139. The summed E-state index contributed by atoms with van der Waals surface area (Å²) in [5, 5.41) is 11.2. The van der Waals surface area contributed by atoms with Gasteiger partial charge in [-0.25, -0.2) is 4.98 Å². The van der Waals surface area contributed by atoms with Gasteiger partial charge in [0.2, 0.25) is 0 Å². The highest BCUT2D eigenvalue weighted by atomic mass is 79.9. The molecule has 2 heterocycles. The molecule has 1 aromatic heterocycles. The van der Waals surface area contributed by atoms with Crippen LogP contribution in [-0.2, 0) is 16.1 Å². The number of ether oxygens (including phenoxy) is 1. The summed E-state index contributed by atoms with van der Waals surface area (Å²) in [5.41, 5.74) is 1.28. The molecule has 176 valence electrons. The number of aliphatic hydroxyl groups excluding tert-OH is 1. The van der Waals surface area contributed by atoms with Crippen LogP contribution in [0.1, 0.15) is 36.9 Å². The number of halogens is 1. The first-order chi connectivity index (χ1) is 16.5. The van der Waals surface area contributed by atoms with E-state index in [1.54, 1.807) is 41.7 Å². The van der Waals surface area contributed by atoms with Gasteiger partial charge in [0.1, 0.15) is 11.5 Å². The number of aromatic nitrogens is 2. The van der Waals surface area contributed by atoms with Crippen LogP contribution in [0, 0.1) is 0 Å². The average Bonchev–Trinajstić information content (AvgIpc) is 3.45. The van der Waals surface area contributed by atoms with Gasteiger partial charge in [0, 0.05) is 35.5 Å². The van der Waals surface area contributed by atoms with E-state index in [1.165, 1.54) is 0 Å². The van der Waals surface area contributed by atoms with Crippen LogP contribution < -0.4 is 4.74 Å². The third-order valence-corrected chi connectivity index (χ3v) is 6.21. The molecule has 1 aliphatic rings. The highest BCUT2D eigenvalue weighted by Crippen LogP contribution is 2.40. The number of ketones is 1. The van der Waals surface area contributed by atoms with Crippen LogP contribution in [-0.4, -0.2) is 44.4 Å². The molecule has 1 unspecified atom stereocenters. The number of likely N-dealkylation sites (tertiary alicyclic amines) is 1. The van der Waals surface area contributed by atoms with Gasteiger partial charge < -0.3 is 19.3 Å². The largest absolute Gasteiger partial charge is 0.507 e. The van der Waals surface area contributed by atoms with Gasteiger partial charge >= 0.3 is 0 Å². The second-order valence-corrected chi connectivity index (χ2v) is 8.99. The zero-order chi connectivity index (χ0) is 24.1.